The summed E-state index contributed by atoms with van der Waals surface area (Å²) in [7, 11) is 0. The van der Waals surface area contributed by atoms with Gasteiger partial charge in [0.05, 0.1) is 17.7 Å². The second kappa shape index (κ2) is 6.52. The minimum Gasteiger partial charge on any atom is -0.380 e. The Balaban J connectivity index is 2.74. The van der Waals surface area contributed by atoms with Crippen LogP contribution in [0.5, 0.6) is 0 Å². The van der Waals surface area contributed by atoms with Gasteiger partial charge in [-0.25, -0.2) is 0 Å². The first kappa shape index (κ1) is 13.0. The normalized spacial score (nSPS) is 11.3. The van der Waals surface area contributed by atoms with E-state index < -0.39 is 0 Å². The number of nitrogens with zero attached hydrogens (tertiary/aromatic N) is 2. The molecule has 0 spiro atoms. The van der Waals surface area contributed by atoms with Crippen molar-refractivity contribution in [2.75, 3.05) is 18.5 Å². The molecule has 1 N–H and O–H groups in total. The van der Waals surface area contributed by atoms with E-state index in [1.54, 1.807) is 18.2 Å². The van der Waals surface area contributed by atoms with Gasteiger partial charge >= 0.3 is 0 Å². The minimum absolute atomic E-state index is 0.162. The summed E-state index contributed by atoms with van der Waals surface area (Å²) in [5, 5.41) is 20.9. The first-order chi connectivity index (χ1) is 8.21. The molecule has 0 heterocycles. The van der Waals surface area contributed by atoms with Crippen LogP contribution in [0.2, 0.25) is 0 Å². The molecule has 1 unspecified atom stereocenters. The lowest BCUT2D eigenvalue weighted by atomic mass is 10.1. The summed E-state index contributed by atoms with van der Waals surface area (Å²) in [4.78, 5) is 0. The topological polar surface area (TPSA) is 68.8 Å². The first-order valence-corrected chi connectivity index (χ1v) is 5.49. The van der Waals surface area contributed by atoms with E-state index in [0.29, 0.717) is 24.3 Å². The molecule has 0 bridgehead atoms. The van der Waals surface area contributed by atoms with Crippen LogP contribution in [0.1, 0.15) is 25.0 Å². The number of rotatable bonds is 5. The van der Waals surface area contributed by atoms with Gasteiger partial charge in [-0.3, -0.25) is 0 Å². The number of nitriles is 2. The molecule has 0 aromatic heterocycles. The van der Waals surface area contributed by atoms with Gasteiger partial charge in [-0.2, -0.15) is 10.5 Å². The molecular weight excluding hydrogens is 214 g/mol. The Morgan fingerprint density at radius 1 is 1.29 bits per heavy atom. The zero-order chi connectivity index (χ0) is 12.7. The van der Waals surface area contributed by atoms with E-state index in [0.717, 1.165) is 5.69 Å². The smallest absolute Gasteiger partial charge is 0.101 e. The number of nitrogens with one attached hydrogen (secondary N) is 1. The molecule has 0 amide bonds. The number of hydrogen-bond donors (Lipinski definition) is 1. The van der Waals surface area contributed by atoms with E-state index in [-0.39, 0.29) is 6.04 Å². The molecule has 0 aliphatic heterocycles. The van der Waals surface area contributed by atoms with Gasteiger partial charge < -0.3 is 10.1 Å². The third-order valence-corrected chi connectivity index (χ3v) is 2.25. The Hall–Kier alpha value is -2.04. The fourth-order valence-electron chi connectivity index (χ4n) is 1.44. The predicted molar refractivity (Wildman–Crippen MR) is 65.4 cm³/mol. The summed E-state index contributed by atoms with van der Waals surface area (Å²) in [5.41, 5.74) is 1.62. The van der Waals surface area contributed by atoms with Crippen LogP contribution in [-0.4, -0.2) is 19.3 Å². The van der Waals surface area contributed by atoms with Crippen LogP contribution < -0.4 is 5.32 Å². The van der Waals surface area contributed by atoms with E-state index in [1.165, 1.54) is 0 Å². The summed E-state index contributed by atoms with van der Waals surface area (Å²) in [5.74, 6) is 0. The highest BCUT2D eigenvalue weighted by molar-refractivity contribution is 5.56. The summed E-state index contributed by atoms with van der Waals surface area (Å²) < 4.78 is 5.29. The zero-order valence-electron chi connectivity index (χ0n) is 10.0. The van der Waals surface area contributed by atoms with Gasteiger partial charge in [0.2, 0.25) is 0 Å². The Labute approximate surface area is 101 Å². The number of ether oxygens (including phenoxy) is 1. The SMILES string of the molecule is CCOCC(C)Nc1ccc(C#N)c(C#N)c1. The quantitative estimate of drug-likeness (QED) is 0.840. The molecule has 4 heteroatoms. The molecule has 1 aromatic rings. The Morgan fingerprint density at radius 3 is 2.59 bits per heavy atom. The van der Waals surface area contributed by atoms with E-state index >= 15 is 0 Å². The lowest BCUT2D eigenvalue weighted by Gasteiger charge is -2.15. The standard InChI is InChI=1S/C13H15N3O/c1-3-17-9-10(2)16-13-5-4-11(7-14)12(6-13)8-15/h4-6,10,16H,3,9H2,1-2H3. The van der Waals surface area contributed by atoms with Gasteiger partial charge in [0, 0.05) is 18.3 Å². The monoisotopic (exact) mass is 229 g/mol. The molecule has 1 aromatic carbocycles. The third kappa shape index (κ3) is 3.79. The molecule has 0 saturated carbocycles. The van der Waals surface area contributed by atoms with Crippen LogP contribution in [0.25, 0.3) is 0 Å². The maximum absolute atomic E-state index is 8.90. The van der Waals surface area contributed by atoms with E-state index in [1.807, 2.05) is 26.0 Å². The fraction of sp³-hybridized carbons (Fsp3) is 0.385. The van der Waals surface area contributed by atoms with E-state index in [2.05, 4.69) is 5.32 Å². The Morgan fingerprint density at radius 2 is 2.00 bits per heavy atom. The van der Waals surface area contributed by atoms with Crippen LogP contribution in [0.3, 0.4) is 0 Å². The number of hydrogen-bond acceptors (Lipinski definition) is 4. The summed E-state index contributed by atoms with van der Waals surface area (Å²) >= 11 is 0. The van der Waals surface area contributed by atoms with Crippen molar-refractivity contribution in [1.29, 1.82) is 10.5 Å². The molecule has 17 heavy (non-hydrogen) atoms. The van der Waals surface area contributed by atoms with Crippen LogP contribution in [0.15, 0.2) is 18.2 Å². The van der Waals surface area contributed by atoms with Crippen molar-refractivity contribution in [3.8, 4) is 12.1 Å². The lowest BCUT2D eigenvalue weighted by Crippen LogP contribution is -2.21. The zero-order valence-corrected chi connectivity index (χ0v) is 10.0. The van der Waals surface area contributed by atoms with Crippen molar-refractivity contribution in [2.24, 2.45) is 0 Å². The van der Waals surface area contributed by atoms with Crippen LogP contribution in [-0.2, 0) is 4.74 Å². The molecule has 0 saturated heterocycles. The fourth-order valence-corrected chi connectivity index (χ4v) is 1.44. The van der Waals surface area contributed by atoms with Gasteiger partial charge in [-0.15, -0.1) is 0 Å². The highest BCUT2D eigenvalue weighted by Crippen LogP contribution is 2.15. The maximum atomic E-state index is 8.90. The van der Waals surface area contributed by atoms with Crippen molar-refractivity contribution in [1.82, 2.24) is 0 Å². The Bertz CT molecular complexity index is 457. The highest BCUT2D eigenvalue weighted by Gasteiger charge is 2.05. The van der Waals surface area contributed by atoms with Gasteiger partial charge in [-0.05, 0) is 32.0 Å². The largest absolute Gasteiger partial charge is 0.380 e. The molecule has 1 atom stereocenters. The van der Waals surface area contributed by atoms with E-state index in [4.69, 9.17) is 15.3 Å². The highest BCUT2D eigenvalue weighted by atomic mass is 16.5. The van der Waals surface area contributed by atoms with Gasteiger partial charge in [0.25, 0.3) is 0 Å². The first-order valence-electron chi connectivity index (χ1n) is 5.49. The Kier molecular flexibility index (Phi) is 5.00. The minimum atomic E-state index is 0.162. The van der Waals surface area contributed by atoms with Crippen LogP contribution >= 0.6 is 0 Å². The molecule has 1 rings (SSSR count). The van der Waals surface area contributed by atoms with Gasteiger partial charge in [0.1, 0.15) is 12.1 Å². The number of benzene rings is 1. The van der Waals surface area contributed by atoms with Crippen LogP contribution in [0.4, 0.5) is 5.69 Å². The van der Waals surface area contributed by atoms with Crippen LogP contribution in [0, 0.1) is 22.7 Å². The predicted octanol–water partition coefficient (Wildman–Crippen LogP) is 2.27. The molecule has 0 aliphatic carbocycles. The number of anilines is 1. The molecular formula is C13H15N3O. The summed E-state index contributed by atoms with van der Waals surface area (Å²) in [6.07, 6.45) is 0. The third-order valence-electron chi connectivity index (χ3n) is 2.25. The lowest BCUT2D eigenvalue weighted by molar-refractivity contribution is 0.141. The molecule has 88 valence electrons. The molecule has 0 fully saturated rings. The molecule has 0 aliphatic rings. The summed E-state index contributed by atoms with van der Waals surface area (Å²) in [6.45, 7) is 5.24. The van der Waals surface area contributed by atoms with Crippen molar-refractivity contribution < 1.29 is 4.74 Å². The average Bonchev–Trinajstić information content (AvgIpc) is 2.36. The van der Waals surface area contributed by atoms with Crippen molar-refractivity contribution in [2.45, 2.75) is 19.9 Å². The van der Waals surface area contributed by atoms with Crippen molar-refractivity contribution in [3.05, 3.63) is 29.3 Å². The average molecular weight is 229 g/mol. The summed E-state index contributed by atoms with van der Waals surface area (Å²) in [6, 6.07) is 9.28. The second-order valence-electron chi connectivity index (χ2n) is 3.69. The second-order valence-corrected chi connectivity index (χ2v) is 3.69. The molecule has 0 radical (unpaired) electrons. The maximum Gasteiger partial charge on any atom is 0.101 e. The molecule has 4 nitrogen and oxygen atoms in total. The van der Waals surface area contributed by atoms with Crippen molar-refractivity contribution in [3.63, 3.8) is 0 Å². The van der Waals surface area contributed by atoms with E-state index in [9.17, 15) is 0 Å². The van der Waals surface area contributed by atoms with Gasteiger partial charge in [-0.1, -0.05) is 0 Å². The van der Waals surface area contributed by atoms with Gasteiger partial charge in [0.15, 0.2) is 0 Å². The van der Waals surface area contributed by atoms with Crippen molar-refractivity contribution >= 4 is 5.69 Å².